The van der Waals surface area contributed by atoms with Gasteiger partial charge in [0.05, 0.1) is 18.6 Å². The molecule has 124 valence electrons. The van der Waals surface area contributed by atoms with Crippen molar-refractivity contribution >= 4 is 0 Å². The number of likely N-dealkylation sites (tertiary alicyclic amines) is 1. The van der Waals surface area contributed by atoms with E-state index in [2.05, 4.69) is 31.5 Å². The van der Waals surface area contributed by atoms with E-state index in [1.165, 1.54) is 5.57 Å². The van der Waals surface area contributed by atoms with E-state index < -0.39 is 6.10 Å². The van der Waals surface area contributed by atoms with Gasteiger partial charge >= 0.3 is 0 Å². The van der Waals surface area contributed by atoms with E-state index in [0.717, 1.165) is 13.0 Å². The first-order valence-electron chi connectivity index (χ1n) is 8.47. The summed E-state index contributed by atoms with van der Waals surface area (Å²) in [6.45, 7) is 7.51. The van der Waals surface area contributed by atoms with E-state index in [9.17, 15) is 10.2 Å². The smallest absolute Gasteiger partial charge is 0.153 e. The van der Waals surface area contributed by atoms with Crippen molar-refractivity contribution in [3.8, 4) is 0 Å². The third-order valence-corrected chi connectivity index (χ3v) is 6.71. The summed E-state index contributed by atoms with van der Waals surface area (Å²) in [5, 5.41) is 20.9. The Morgan fingerprint density at radius 3 is 3.00 bits per heavy atom. The molecule has 4 aliphatic rings. The summed E-state index contributed by atoms with van der Waals surface area (Å²) in [5.41, 5.74) is 1.12. The second-order valence-corrected chi connectivity index (χ2v) is 7.45. The van der Waals surface area contributed by atoms with Crippen LogP contribution in [0.15, 0.2) is 48.0 Å². The Kier molecular flexibility index (Phi) is 3.26. The van der Waals surface area contributed by atoms with Crippen LogP contribution in [0.1, 0.15) is 13.3 Å². The van der Waals surface area contributed by atoms with Crippen LogP contribution in [-0.4, -0.2) is 47.5 Å². The Labute approximate surface area is 137 Å². The quantitative estimate of drug-likeness (QED) is 0.768. The molecule has 0 saturated carbocycles. The molecule has 0 aromatic carbocycles. The van der Waals surface area contributed by atoms with E-state index in [0.29, 0.717) is 24.3 Å². The van der Waals surface area contributed by atoms with Crippen molar-refractivity contribution in [3.05, 3.63) is 48.0 Å². The van der Waals surface area contributed by atoms with Crippen molar-refractivity contribution < 1.29 is 14.9 Å². The van der Waals surface area contributed by atoms with Gasteiger partial charge in [-0.3, -0.25) is 4.90 Å². The van der Waals surface area contributed by atoms with Crippen LogP contribution in [-0.2, 0) is 4.74 Å². The summed E-state index contributed by atoms with van der Waals surface area (Å²) in [7, 11) is 2.17. The van der Waals surface area contributed by atoms with Gasteiger partial charge in [0.1, 0.15) is 5.76 Å². The zero-order chi connectivity index (χ0) is 16.4. The molecule has 2 fully saturated rings. The molecule has 2 aliphatic carbocycles. The zero-order valence-corrected chi connectivity index (χ0v) is 13.8. The fraction of sp³-hybridized carbons (Fsp3) is 0.579. The lowest BCUT2D eigenvalue weighted by molar-refractivity contribution is -0.148. The van der Waals surface area contributed by atoms with Gasteiger partial charge in [-0.2, -0.15) is 0 Å². The molecule has 0 aromatic heterocycles. The third kappa shape index (κ3) is 1.79. The Balaban J connectivity index is 1.93. The molecule has 2 heterocycles. The van der Waals surface area contributed by atoms with Crippen LogP contribution < -0.4 is 0 Å². The molecule has 2 saturated heterocycles. The average molecular weight is 315 g/mol. The highest BCUT2D eigenvalue weighted by Crippen LogP contribution is 2.62. The predicted octanol–water partition coefficient (Wildman–Crippen LogP) is 2.40. The van der Waals surface area contributed by atoms with Gasteiger partial charge in [-0.1, -0.05) is 25.2 Å². The summed E-state index contributed by atoms with van der Waals surface area (Å²) in [4.78, 5) is 2.40. The Hall–Kier alpha value is -1.52. The number of rotatable bonds is 2. The summed E-state index contributed by atoms with van der Waals surface area (Å²) in [6, 6.07) is 0.360. The average Bonchev–Trinajstić information content (AvgIpc) is 2.55. The minimum atomic E-state index is -0.588. The highest BCUT2D eigenvalue weighted by Gasteiger charge is 2.62. The number of allylic oxidation sites excluding steroid dienone is 3. The van der Waals surface area contributed by atoms with Gasteiger partial charge in [-0.05, 0) is 43.0 Å². The number of nitrogens with zero attached hydrogens (tertiary/aromatic N) is 1. The van der Waals surface area contributed by atoms with Crippen molar-refractivity contribution in [3.63, 3.8) is 0 Å². The van der Waals surface area contributed by atoms with Crippen molar-refractivity contribution in [2.24, 2.45) is 23.2 Å². The normalized spacial score (nSPS) is 43.3. The van der Waals surface area contributed by atoms with Crippen LogP contribution in [0.3, 0.4) is 0 Å². The summed E-state index contributed by atoms with van der Waals surface area (Å²) in [5.74, 6) is 1.36. The second kappa shape index (κ2) is 4.99. The Morgan fingerprint density at radius 1 is 1.48 bits per heavy atom. The minimum Gasteiger partial charge on any atom is -0.504 e. The maximum atomic E-state index is 10.6. The van der Waals surface area contributed by atoms with Gasteiger partial charge in [-0.15, -0.1) is 6.58 Å². The molecule has 2 bridgehead atoms. The Morgan fingerprint density at radius 2 is 2.26 bits per heavy atom. The van der Waals surface area contributed by atoms with Crippen molar-refractivity contribution in [1.82, 2.24) is 4.90 Å². The van der Waals surface area contributed by atoms with E-state index in [4.69, 9.17) is 4.74 Å². The van der Waals surface area contributed by atoms with Crippen LogP contribution in [0.2, 0.25) is 0 Å². The maximum Gasteiger partial charge on any atom is 0.153 e. The monoisotopic (exact) mass is 315 g/mol. The number of piperidine rings is 1. The van der Waals surface area contributed by atoms with E-state index in [-0.39, 0.29) is 23.0 Å². The maximum absolute atomic E-state index is 10.6. The number of aliphatic hydroxyl groups excluding tert-OH is 2. The molecule has 2 N–H and O–H groups in total. The highest BCUT2D eigenvalue weighted by atomic mass is 16.5. The lowest BCUT2D eigenvalue weighted by atomic mass is 9.48. The molecule has 4 nitrogen and oxygen atoms in total. The van der Waals surface area contributed by atoms with Crippen molar-refractivity contribution in [2.45, 2.75) is 25.5 Å². The molecule has 4 rings (SSSR count). The SMILES string of the molecule is C=C[C@H](O)[C@@H]1COC2=C(O)C=CC3=CC4C(C)[C@@]1(CCN4C)C32. The van der Waals surface area contributed by atoms with Gasteiger partial charge in [-0.25, -0.2) is 0 Å². The predicted molar refractivity (Wildman–Crippen MR) is 88.6 cm³/mol. The molecule has 23 heavy (non-hydrogen) atoms. The third-order valence-electron chi connectivity index (χ3n) is 6.71. The highest BCUT2D eigenvalue weighted by molar-refractivity contribution is 5.45. The molecule has 0 amide bonds. The number of hydrogen-bond acceptors (Lipinski definition) is 4. The first-order valence-corrected chi connectivity index (χ1v) is 8.47. The van der Waals surface area contributed by atoms with Gasteiger partial charge in [0.15, 0.2) is 5.76 Å². The second-order valence-electron chi connectivity index (χ2n) is 7.45. The van der Waals surface area contributed by atoms with E-state index >= 15 is 0 Å². The number of fused-ring (bicyclic) bond motifs is 1. The topological polar surface area (TPSA) is 52.9 Å². The molecule has 3 unspecified atom stereocenters. The first kappa shape index (κ1) is 15.0. The molecule has 2 aliphatic heterocycles. The zero-order valence-electron chi connectivity index (χ0n) is 13.8. The summed E-state index contributed by atoms with van der Waals surface area (Å²) in [6.07, 6.45) is 8.11. The standard InChI is InChI=1S/C19H25NO3/c1-4-15(21)13-10-23-18-16(22)6-5-12-9-14-11(2)19(13,17(12)18)7-8-20(14)3/h4-6,9,11,13-15,17,21-22H,1,7-8,10H2,2-3H3/t11?,13-,14?,15-,17?,19+/m0/s1. The number of ether oxygens (including phenoxy) is 1. The summed E-state index contributed by atoms with van der Waals surface area (Å²) >= 11 is 0. The van der Waals surface area contributed by atoms with E-state index in [1.807, 2.05) is 6.08 Å². The molecule has 4 heteroatoms. The van der Waals surface area contributed by atoms with Gasteiger partial charge in [0.25, 0.3) is 0 Å². The molecule has 0 radical (unpaired) electrons. The molecule has 1 spiro atoms. The van der Waals surface area contributed by atoms with Gasteiger partial charge < -0.3 is 14.9 Å². The largest absolute Gasteiger partial charge is 0.504 e. The van der Waals surface area contributed by atoms with Gasteiger partial charge in [0.2, 0.25) is 0 Å². The van der Waals surface area contributed by atoms with Crippen LogP contribution in [0.4, 0.5) is 0 Å². The van der Waals surface area contributed by atoms with Crippen LogP contribution in [0.25, 0.3) is 0 Å². The number of hydrogen-bond donors (Lipinski definition) is 2. The first-order chi connectivity index (χ1) is 11.0. The lowest BCUT2D eigenvalue weighted by Crippen LogP contribution is -2.64. The van der Waals surface area contributed by atoms with Gasteiger partial charge in [0, 0.05) is 12.0 Å². The molecule has 0 aromatic rings. The molecular weight excluding hydrogens is 290 g/mol. The molecular formula is C19H25NO3. The van der Waals surface area contributed by atoms with Crippen LogP contribution >= 0.6 is 0 Å². The fourth-order valence-corrected chi connectivity index (χ4v) is 5.49. The summed E-state index contributed by atoms with van der Waals surface area (Å²) < 4.78 is 5.94. The van der Waals surface area contributed by atoms with Crippen molar-refractivity contribution in [2.75, 3.05) is 20.2 Å². The van der Waals surface area contributed by atoms with Crippen LogP contribution in [0, 0.1) is 23.2 Å². The van der Waals surface area contributed by atoms with Crippen LogP contribution in [0.5, 0.6) is 0 Å². The Bertz CT molecular complexity index is 635. The van der Waals surface area contributed by atoms with Crippen molar-refractivity contribution in [1.29, 1.82) is 0 Å². The fourth-order valence-electron chi connectivity index (χ4n) is 5.49. The minimum absolute atomic E-state index is 0.00273. The number of likely N-dealkylation sites (N-methyl/N-ethyl adjacent to an activating group) is 1. The lowest BCUT2D eigenvalue weighted by Gasteiger charge is -2.63. The number of aliphatic hydroxyl groups is 2. The molecule has 6 atom stereocenters. The van der Waals surface area contributed by atoms with E-state index in [1.54, 1.807) is 12.2 Å².